The van der Waals surface area contributed by atoms with Crippen LogP contribution in [0, 0.1) is 0 Å². The first kappa shape index (κ1) is 18.9. The van der Waals surface area contributed by atoms with E-state index in [4.69, 9.17) is 9.15 Å². The first-order chi connectivity index (χ1) is 13.1. The minimum Gasteiger partial charge on any atom is -0.462 e. The van der Waals surface area contributed by atoms with Crippen LogP contribution in [-0.2, 0) is 4.74 Å². The minimum atomic E-state index is -0.349. The number of halogens is 1. The van der Waals surface area contributed by atoms with Crippen molar-refractivity contribution < 1.29 is 18.7 Å². The van der Waals surface area contributed by atoms with Gasteiger partial charge >= 0.3 is 5.97 Å². The van der Waals surface area contributed by atoms with Crippen molar-refractivity contribution >= 4 is 33.8 Å². The van der Waals surface area contributed by atoms with E-state index < -0.39 is 0 Å². The number of carbonyl (C=O) groups excluding carboxylic acids is 2. The van der Waals surface area contributed by atoms with Crippen molar-refractivity contribution in [2.45, 2.75) is 6.92 Å². The number of allylic oxidation sites excluding steroid dienone is 1. The van der Waals surface area contributed by atoms with E-state index in [0.717, 1.165) is 10.0 Å². The second-order valence-corrected chi connectivity index (χ2v) is 6.62. The van der Waals surface area contributed by atoms with E-state index in [0.29, 0.717) is 29.3 Å². The molecule has 5 heteroatoms. The van der Waals surface area contributed by atoms with Crippen LogP contribution in [0.2, 0.25) is 0 Å². The first-order valence-electron chi connectivity index (χ1n) is 8.42. The maximum Gasteiger partial charge on any atom is 0.338 e. The molecule has 0 aliphatic heterocycles. The lowest BCUT2D eigenvalue weighted by Crippen LogP contribution is -2.03. The van der Waals surface area contributed by atoms with Gasteiger partial charge in [-0.25, -0.2) is 4.79 Å². The molecule has 0 aliphatic rings. The number of hydrogen-bond donors (Lipinski definition) is 0. The Hall–Kier alpha value is -2.92. The van der Waals surface area contributed by atoms with Crippen molar-refractivity contribution in [2.24, 2.45) is 0 Å². The summed E-state index contributed by atoms with van der Waals surface area (Å²) >= 11 is 3.35. The van der Waals surface area contributed by atoms with E-state index in [9.17, 15) is 9.59 Å². The molecule has 0 amide bonds. The largest absolute Gasteiger partial charge is 0.462 e. The maximum absolute atomic E-state index is 12.2. The molecule has 0 fully saturated rings. The summed E-state index contributed by atoms with van der Waals surface area (Å²) < 4.78 is 11.7. The van der Waals surface area contributed by atoms with Gasteiger partial charge in [-0.2, -0.15) is 0 Å². The quantitative estimate of drug-likeness (QED) is 0.285. The van der Waals surface area contributed by atoms with E-state index in [-0.39, 0.29) is 11.8 Å². The summed E-state index contributed by atoms with van der Waals surface area (Å²) in [5, 5.41) is 0. The van der Waals surface area contributed by atoms with Crippen molar-refractivity contribution in [3.63, 3.8) is 0 Å². The molecule has 0 bridgehead atoms. The standard InChI is InChI=1S/C22H17BrO4/c1-2-26-22(25)17-5-3-16(4-6-17)21-14-12-19(27-21)11-13-20(24)15-7-9-18(23)10-8-15/h3-14H,2H2,1H3/b13-11+. The Morgan fingerprint density at radius 1 is 0.963 bits per heavy atom. The molecule has 4 nitrogen and oxygen atoms in total. The first-order valence-corrected chi connectivity index (χ1v) is 9.21. The smallest absolute Gasteiger partial charge is 0.338 e. The second kappa shape index (κ2) is 8.64. The number of ketones is 1. The van der Waals surface area contributed by atoms with Gasteiger partial charge in [-0.05, 0) is 67.6 Å². The van der Waals surface area contributed by atoms with Crippen LogP contribution < -0.4 is 0 Å². The Balaban J connectivity index is 1.70. The van der Waals surface area contributed by atoms with Crippen molar-refractivity contribution in [1.29, 1.82) is 0 Å². The molecule has 1 aromatic heterocycles. The van der Waals surface area contributed by atoms with Crippen LogP contribution in [0.3, 0.4) is 0 Å². The highest BCUT2D eigenvalue weighted by Crippen LogP contribution is 2.23. The molecule has 0 atom stereocenters. The van der Waals surface area contributed by atoms with Crippen molar-refractivity contribution in [3.8, 4) is 11.3 Å². The predicted molar refractivity (Wildman–Crippen MR) is 108 cm³/mol. The monoisotopic (exact) mass is 424 g/mol. The number of benzene rings is 2. The molecule has 3 aromatic rings. The molecule has 1 heterocycles. The summed E-state index contributed by atoms with van der Waals surface area (Å²) in [4.78, 5) is 23.9. The zero-order chi connectivity index (χ0) is 19.2. The zero-order valence-corrected chi connectivity index (χ0v) is 16.2. The highest BCUT2D eigenvalue weighted by atomic mass is 79.9. The van der Waals surface area contributed by atoms with Gasteiger partial charge < -0.3 is 9.15 Å². The van der Waals surface area contributed by atoms with E-state index in [1.807, 2.05) is 18.2 Å². The average Bonchev–Trinajstić information content (AvgIpc) is 3.16. The van der Waals surface area contributed by atoms with Crippen LogP contribution in [-0.4, -0.2) is 18.4 Å². The number of furan rings is 1. The lowest BCUT2D eigenvalue weighted by atomic mass is 10.1. The van der Waals surface area contributed by atoms with Gasteiger partial charge in [-0.3, -0.25) is 4.79 Å². The Morgan fingerprint density at radius 3 is 2.30 bits per heavy atom. The lowest BCUT2D eigenvalue weighted by Gasteiger charge is -2.02. The second-order valence-electron chi connectivity index (χ2n) is 5.70. The number of esters is 1. The van der Waals surface area contributed by atoms with E-state index >= 15 is 0 Å². The highest BCUT2D eigenvalue weighted by Gasteiger charge is 2.08. The van der Waals surface area contributed by atoms with E-state index in [1.54, 1.807) is 55.5 Å². The molecule has 0 radical (unpaired) electrons. The molecule has 0 unspecified atom stereocenters. The van der Waals surface area contributed by atoms with Gasteiger partial charge in [-0.15, -0.1) is 0 Å². The van der Waals surface area contributed by atoms with Crippen molar-refractivity contribution in [1.82, 2.24) is 0 Å². The van der Waals surface area contributed by atoms with Gasteiger partial charge in [0.15, 0.2) is 5.78 Å². The SMILES string of the molecule is CCOC(=O)c1ccc(-c2ccc(/C=C/C(=O)c3ccc(Br)cc3)o2)cc1. The summed E-state index contributed by atoms with van der Waals surface area (Å²) in [6, 6.07) is 17.8. The maximum atomic E-state index is 12.2. The van der Waals surface area contributed by atoms with Crippen molar-refractivity contribution in [2.75, 3.05) is 6.61 Å². The summed E-state index contributed by atoms with van der Waals surface area (Å²) in [5.41, 5.74) is 1.94. The number of carbonyl (C=O) groups is 2. The molecule has 136 valence electrons. The normalized spacial score (nSPS) is 10.9. The van der Waals surface area contributed by atoms with Crippen molar-refractivity contribution in [3.05, 3.63) is 88.1 Å². The Kier molecular flexibility index (Phi) is 6.04. The average molecular weight is 425 g/mol. The highest BCUT2D eigenvalue weighted by molar-refractivity contribution is 9.10. The summed E-state index contributed by atoms with van der Waals surface area (Å²) in [6.07, 6.45) is 3.12. The topological polar surface area (TPSA) is 56.5 Å². The molecule has 0 saturated heterocycles. The predicted octanol–water partition coefficient (Wildman–Crippen LogP) is 5.78. The molecule has 0 aliphatic carbocycles. The summed E-state index contributed by atoms with van der Waals surface area (Å²) in [7, 11) is 0. The van der Waals surface area contributed by atoms with Gasteiger partial charge in [0.25, 0.3) is 0 Å². The fraction of sp³-hybridized carbons (Fsp3) is 0.0909. The van der Waals surface area contributed by atoms with Crippen LogP contribution in [0.1, 0.15) is 33.4 Å². The Labute approximate surface area is 165 Å². The molecule has 0 N–H and O–H groups in total. The zero-order valence-electron chi connectivity index (χ0n) is 14.6. The summed E-state index contributed by atoms with van der Waals surface area (Å²) in [6.45, 7) is 2.11. The fourth-order valence-corrected chi connectivity index (χ4v) is 2.72. The number of ether oxygens (including phenoxy) is 1. The van der Waals surface area contributed by atoms with Gasteiger partial charge in [0.1, 0.15) is 11.5 Å². The molecule has 0 spiro atoms. The van der Waals surface area contributed by atoms with Crippen LogP contribution in [0.5, 0.6) is 0 Å². The lowest BCUT2D eigenvalue weighted by molar-refractivity contribution is 0.0526. The van der Waals surface area contributed by atoms with E-state index in [2.05, 4.69) is 15.9 Å². The van der Waals surface area contributed by atoms with Gasteiger partial charge in [0.2, 0.25) is 0 Å². The van der Waals surface area contributed by atoms with Gasteiger partial charge in [0, 0.05) is 15.6 Å². The Bertz CT molecular complexity index is 966. The van der Waals surface area contributed by atoms with Gasteiger partial charge in [0.05, 0.1) is 12.2 Å². The minimum absolute atomic E-state index is 0.0979. The molecule has 0 saturated carbocycles. The third-order valence-electron chi connectivity index (χ3n) is 3.84. The van der Waals surface area contributed by atoms with Crippen LogP contribution in [0.25, 0.3) is 17.4 Å². The van der Waals surface area contributed by atoms with E-state index in [1.165, 1.54) is 6.08 Å². The molecule has 27 heavy (non-hydrogen) atoms. The summed E-state index contributed by atoms with van der Waals surface area (Å²) in [5.74, 6) is 0.781. The molecular weight excluding hydrogens is 408 g/mol. The van der Waals surface area contributed by atoms with Crippen LogP contribution in [0.4, 0.5) is 0 Å². The number of hydrogen-bond acceptors (Lipinski definition) is 4. The third-order valence-corrected chi connectivity index (χ3v) is 4.36. The molecule has 2 aromatic carbocycles. The Morgan fingerprint density at radius 2 is 1.63 bits per heavy atom. The third kappa shape index (κ3) is 4.83. The van der Waals surface area contributed by atoms with Crippen LogP contribution >= 0.6 is 15.9 Å². The molecule has 3 rings (SSSR count). The molecular formula is C22H17BrO4. The fourth-order valence-electron chi connectivity index (χ4n) is 2.45. The van der Waals surface area contributed by atoms with Crippen LogP contribution in [0.15, 0.2) is 75.6 Å². The number of rotatable bonds is 6. The van der Waals surface area contributed by atoms with Gasteiger partial charge in [-0.1, -0.05) is 28.1 Å².